The summed E-state index contributed by atoms with van der Waals surface area (Å²) in [5.74, 6) is 0.782. The van der Waals surface area contributed by atoms with Crippen LogP contribution in [0.4, 0.5) is 0 Å². The van der Waals surface area contributed by atoms with Crippen molar-refractivity contribution in [3.05, 3.63) is 65.2 Å². The molecule has 4 aromatic rings. The summed E-state index contributed by atoms with van der Waals surface area (Å²) in [6.07, 6.45) is 0. The molecule has 0 aliphatic heterocycles. The van der Waals surface area contributed by atoms with E-state index in [1.807, 2.05) is 36.4 Å². The molecule has 0 fully saturated rings. The molecule has 1 amide bonds. The highest BCUT2D eigenvalue weighted by Gasteiger charge is 2.16. The molecule has 7 heteroatoms. The highest BCUT2D eigenvalue weighted by molar-refractivity contribution is 5.84. The summed E-state index contributed by atoms with van der Waals surface area (Å²) in [5.41, 5.74) is 4.71. The van der Waals surface area contributed by atoms with Gasteiger partial charge in [0.1, 0.15) is 5.75 Å². The van der Waals surface area contributed by atoms with Gasteiger partial charge in [0, 0.05) is 31.0 Å². The van der Waals surface area contributed by atoms with Gasteiger partial charge >= 0.3 is 0 Å². The van der Waals surface area contributed by atoms with Gasteiger partial charge in [-0.05, 0) is 53.2 Å². The number of nitrogens with zero attached hydrogens (tertiary/aromatic N) is 5. The Balaban J connectivity index is 1.70. The minimum Gasteiger partial charge on any atom is -0.497 e. The molecule has 0 radical (unpaired) electrons. The van der Waals surface area contributed by atoms with Crippen molar-refractivity contribution in [3.8, 4) is 5.75 Å². The van der Waals surface area contributed by atoms with E-state index in [1.54, 1.807) is 23.4 Å². The minimum atomic E-state index is -0.00854. The zero-order valence-electron chi connectivity index (χ0n) is 16.1. The number of amides is 1. The molecule has 28 heavy (non-hydrogen) atoms. The first-order valence-electron chi connectivity index (χ1n) is 9.04. The zero-order valence-corrected chi connectivity index (χ0v) is 16.1. The Bertz CT molecular complexity index is 1150. The lowest BCUT2D eigenvalue weighted by molar-refractivity contribution is -0.130. The van der Waals surface area contributed by atoms with E-state index in [0.29, 0.717) is 18.7 Å². The smallest absolute Gasteiger partial charge is 0.220 e. The van der Waals surface area contributed by atoms with Gasteiger partial charge in [-0.3, -0.25) is 4.79 Å². The number of fused-ring (bicyclic) bond motifs is 3. The number of tetrazole rings is 1. The van der Waals surface area contributed by atoms with Crippen LogP contribution in [0.25, 0.3) is 16.6 Å². The van der Waals surface area contributed by atoms with Crippen molar-refractivity contribution in [3.63, 3.8) is 0 Å². The number of pyridine rings is 1. The van der Waals surface area contributed by atoms with Crippen molar-refractivity contribution in [2.75, 3.05) is 7.11 Å². The lowest BCUT2D eigenvalue weighted by Crippen LogP contribution is -2.28. The monoisotopic (exact) mass is 375 g/mol. The molecule has 0 atom stereocenters. The van der Waals surface area contributed by atoms with E-state index in [1.165, 1.54) is 0 Å². The fourth-order valence-electron chi connectivity index (χ4n) is 3.34. The molecule has 4 rings (SSSR count). The molecule has 0 aliphatic rings. The van der Waals surface area contributed by atoms with Crippen molar-refractivity contribution in [2.24, 2.45) is 0 Å². The van der Waals surface area contributed by atoms with Gasteiger partial charge in [0.25, 0.3) is 0 Å². The third kappa shape index (κ3) is 3.38. The Morgan fingerprint density at radius 3 is 2.61 bits per heavy atom. The second-order valence-electron chi connectivity index (χ2n) is 6.87. The Labute approximate surface area is 162 Å². The number of hydrogen-bond acceptors (Lipinski definition) is 5. The predicted molar refractivity (Wildman–Crippen MR) is 106 cm³/mol. The maximum Gasteiger partial charge on any atom is 0.220 e. The molecular formula is C21H21N5O2. The molecule has 0 saturated heterocycles. The number of benzene rings is 2. The lowest BCUT2D eigenvalue weighted by atomic mass is 10.1. The van der Waals surface area contributed by atoms with E-state index in [2.05, 4.69) is 34.6 Å². The van der Waals surface area contributed by atoms with Crippen molar-refractivity contribution >= 4 is 22.5 Å². The molecule has 0 spiro atoms. The standard InChI is InChI=1S/C21H21N5O2/c1-14-4-9-20-17(10-14)11-18(21-22-23-24-26(20)21)13-25(15(2)27)12-16-5-7-19(28-3)8-6-16/h4-11H,12-13H2,1-3H3. The number of hydrogen-bond donors (Lipinski definition) is 0. The maximum absolute atomic E-state index is 12.3. The number of rotatable bonds is 5. The van der Waals surface area contributed by atoms with Crippen LogP contribution in [0.5, 0.6) is 5.75 Å². The molecule has 142 valence electrons. The first kappa shape index (κ1) is 17.9. The van der Waals surface area contributed by atoms with Crippen LogP contribution >= 0.6 is 0 Å². The van der Waals surface area contributed by atoms with Gasteiger partial charge in [-0.1, -0.05) is 23.8 Å². The average molecular weight is 375 g/mol. The summed E-state index contributed by atoms with van der Waals surface area (Å²) in [6, 6.07) is 15.9. The van der Waals surface area contributed by atoms with Gasteiger partial charge in [-0.2, -0.15) is 4.52 Å². The Morgan fingerprint density at radius 1 is 1.11 bits per heavy atom. The van der Waals surface area contributed by atoms with Gasteiger partial charge in [0.15, 0.2) is 5.65 Å². The molecule has 0 saturated carbocycles. The van der Waals surface area contributed by atoms with E-state index in [9.17, 15) is 4.79 Å². The predicted octanol–water partition coefficient (Wildman–Crippen LogP) is 3.14. The number of carbonyl (C=O) groups excluding carboxylic acids is 1. The SMILES string of the molecule is COc1ccc(CN(Cc2cc3cc(C)ccc3n3nnnc23)C(C)=O)cc1. The average Bonchev–Trinajstić information content (AvgIpc) is 3.18. The third-order valence-corrected chi connectivity index (χ3v) is 4.84. The molecular weight excluding hydrogens is 354 g/mol. The van der Waals surface area contributed by atoms with Crippen LogP contribution in [0, 0.1) is 6.92 Å². The quantitative estimate of drug-likeness (QED) is 0.536. The molecule has 2 aromatic heterocycles. The van der Waals surface area contributed by atoms with Gasteiger partial charge in [-0.15, -0.1) is 5.10 Å². The molecule has 2 aromatic carbocycles. The molecule has 0 aliphatic carbocycles. The highest BCUT2D eigenvalue weighted by atomic mass is 16.5. The fourth-order valence-corrected chi connectivity index (χ4v) is 3.34. The molecule has 0 unspecified atom stereocenters. The van der Waals surface area contributed by atoms with Gasteiger partial charge < -0.3 is 9.64 Å². The zero-order chi connectivity index (χ0) is 19.7. The summed E-state index contributed by atoms with van der Waals surface area (Å²) in [7, 11) is 1.64. The third-order valence-electron chi connectivity index (χ3n) is 4.84. The molecule has 0 bridgehead atoms. The summed E-state index contributed by atoms with van der Waals surface area (Å²) >= 11 is 0. The summed E-state index contributed by atoms with van der Waals surface area (Å²) < 4.78 is 6.93. The van der Waals surface area contributed by atoms with E-state index in [0.717, 1.165) is 33.3 Å². The second-order valence-corrected chi connectivity index (χ2v) is 6.87. The number of methoxy groups -OCH3 is 1. The number of carbonyl (C=O) groups is 1. The fraction of sp³-hybridized carbons (Fsp3) is 0.238. The Kier molecular flexibility index (Phi) is 4.65. The van der Waals surface area contributed by atoms with Crippen LogP contribution in [0.2, 0.25) is 0 Å². The number of aryl methyl sites for hydroxylation is 1. The van der Waals surface area contributed by atoms with Crippen molar-refractivity contribution < 1.29 is 9.53 Å². The van der Waals surface area contributed by atoms with Crippen molar-refractivity contribution in [1.29, 1.82) is 0 Å². The molecule has 2 heterocycles. The van der Waals surface area contributed by atoms with Gasteiger partial charge in [0.05, 0.1) is 12.6 Å². The van der Waals surface area contributed by atoms with Crippen LogP contribution in [0.1, 0.15) is 23.6 Å². The number of ether oxygens (including phenoxy) is 1. The summed E-state index contributed by atoms with van der Waals surface area (Å²) in [4.78, 5) is 14.1. The normalized spacial score (nSPS) is 11.1. The van der Waals surface area contributed by atoms with Gasteiger partial charge in [0.2, 0.25) is 5.91 Å². The van der Waals surface area contributed by atoms with Gasteiger partial charge in [-0.25, -0.2) is 0 Å². The summed E-state index contributed by atoms with van der Waals surface area (Å²) in [6.45, 7) is 4.55. The van der Waals surface area contributed by atoms with Crippen LogP contribution in [-0.2, 0) is 17.9 Å². The van der Waals surface area contributed by atoms with Crippen molar-refractivity contribution in [1.82, 2.24) is 24.9 Å². The summed E-state index contributed by atoms with van der Waals surface area (Å²) in [5, 5.41) is 13.2. The minimum absolute atomic E-state index is 0.00854. The lowest BCUT2D eigenvalue weighted by Gasteiger charge is -2.22. The maximum atomic E-state index is 12.3. The second kappa shape index (κ2) is 7.26. The molecule has 0 N–H and O–H groups in total. The first-order valence-corrected chi connectivity index (χ1v) is 9.04. The Morgan fingerprint density at radius 2 is 1.89 bits per heavy atom. The van der Waals surface area contributed by atoms with E-state index < -0.39 is 0 Å². The Hall–Kier alpha value is -3.48. The van der Waals surface area contributed by atoms with E-state index in [4.69, 9.17) is 4.74 Å². The van der Waals surface area contributed by atoms with Crippen LogP contribution < -0.4 is 4.74 Å². The van der Waals surface area contributed by atoms with Crippen molar-refractivity contribution in [2.45, 2.75) is 26.9 Å². The highest BCUT2D eigenvalue weighted by Crippen LogP contribution is 2.22. The van der Waals surface area contributed by atoms with Crippen LogP contribution in [0.3, 0.4) is 0 Å². The van der Waals surface area contributed by atoms with Crippen LogP contribution in [-0.4, -0.2) is 38.0 Å². The number of aromatic nitrogens is 4. The van der Waals surface area contributed by atoms with E-state index in [-0.39, 0.29) is 5.91 Å². The largest absolute Gasteiger partial charge is 0.497 e. The molecule has 7 nitrogen and oxygen atoms in total. The first-order chi connectivity index (χ1) is 13.5. The van der Waals surface area contributed by atoms with E-state index >= 15 is 0 Å². The van der Waals surface area contributed by atoms with Crippen LogP contribution in [0.15, 0.2) is 48.5 Å². The topological polar surface area (TPSA) is 72.6 Å².